The van der Waals surface area contributed by atoms with Gasteiger partial charge in [-0.25, -0.2) is 18.4 Å². The van der Waals surface area contributed by atoms with Crippen molar-refractivity contribution < 1.29 is 8.42 Å². The number of fused-ring (bicyclic) bond motifs is 9. The van der Waals surface area contributed by atoms with Crippen LogP contribution in [0.3, 0.4) is 0 Å². The molecule has 0 amide bonds. The van der Waals surface area contributed by atoms with Crippen molar-refractivity contribution in [3.63, 3.8) is 0 Å². The summed E-state index contributed by atoms with van der Waals surface area (Å²) >= 11 is 0. The highest BCUT2D eigenvalue weighted by atomic mass is 32.2. The molecular weight excluding hydrogens is 584 g/mol. The van der Waals surface area contributed by atoms with Gasteiger partial charge in [0, 0.05) is 43.1 Å². The Balaban J connectivity index is 1.41. The molecule has 0 N–H and O–H groups in total. The van der Waals surface area contributed by atoms with Gasteiger partial charge in [-0.1, -0.05) is 36.4 Å². The Labute approximate surface area is 249 Å². The van der Waals surface area contributed by atoms with Crippen molar-refractivity contribution in [2.75, 3.05) is 0 Å². The molecular formula is C36H14N4O4S. The van der Waals surface area contributed by atoms with Crippen LogP contribution in [0.15, 0.2) is 104 Å². The van der Waals surface area contributed by atoms with Gasteiger partial charge in [-0.2, -0.15) is 0 Å². The highest BCUT2D eigenvalue weighted by Gasteiger charge is 2.37. The van der Waals surface area contributed by atoms with Crippen LogP contribution in [0.1, 0.15) is 0 Å². The first-order valence-electron chi connectivity index (χ1n) is 14.5. The van der Waals surface area contributed by atoms with E-state index in [0.717, 1.165) is 32.3 Å². The lowest BCUT2D eigenvalue weighted by Crippen LogP contribution is -2.14. The topological polar surface area (TPSA) is 103 Å². The molecule has 1 aliphatic rings. The molecule has 4 aromatic heterocycles. The van der Waals surface area contributed by atoms with E-state index < -0.39 is 9.84 Å². The summed E-state index contributed by atoms with van der Waals surface area (Å²) in [5.41, 5.74) is 3.20. The monoisotopic (exact) mass is 598 g/mol. The molecule has 0 bridgehead atoms. The predicted molar refractivity (Wildman–Crippen MR) is 176 cm³/mol. The fraction of sp³-hybridized carbons (Fsp3) is 0. The number of para-hydroxylation sites is 4. The van der Waals surface area contributed by atoms with Crippen LogP contribution < -0.4 is 11.1 Å². The van der Waals surface area contributed by atoms with Gasteiger partial charge in [-0.15, -0.1) is 0 Å². The van der Waals surface area contributed by atoms with Gasteiger partial charge in [0.2, 0.25) is 9.84 Å². The number of benzene rings is 7. The average Bonchev–Trinajstić information content (AvgIpc) is 3.71. The van der Waals surface area contributed by atoms with Gasteiger partial charge in [0.25, 0.3) is 11.1 Å². The maximum Gasteiger partial charge on any atom is 0.264 e. The highest BCUT2D eigenvalue weighted by molar-refractivity contribution is 7.92. The van der Waals surface area contributed by atoms with Crippen molar-refractivity contribution in [1.82, 2.24) is 18.8 Å². The molecule has 45 heavy (non-hydrogen) atoms. The van der Waals surface area contributed by atoms with E-state index >= 15 is 0 Å². The van der Waals surface area contributed by atoms with Crippen LogP contribution in [-0.2, 0) is 9.84 Å². The molecule has 0 spiro atoms. The summed E-state index contributed by atoms with van der Waals surface area (Å²) in [5, 5.41) is 7.96. The first-order valence-corrected chi connectivity index (χ1v) is 16.0. The molecule has 1 aliphatic heterocycles. The van der Waals surface area contributed by atoms with E-state index in [1.807, 2.05) is 72.8 Å². The van der Waals surface area contributed by atoms with Gasteiger partial charge >= 0.3 is 0 Å². The minimum absolute atomic E-state index is 0.101. The Kier molecular flexibility index (Phi) is 3.39. The molecule has 0 atom stereocenters. The second kappa shape index (κ2) is 6.74. The zero-order chi connectivity index (χ0) is 29.7. The molecule has 0 aliphatic carbocycles. The van der Waals surface area contributed by atoms with E-state index in [1.165, 1.54) is 0 Å². The summed E-state index contributed by atoms with van der Waals surface area (Å²) in [5.74, 6) is 0. The number of hydrogen-bond donors (Lipinski definition) is 0. The molecule has 7 aromatic carbocycles. The average molecular weight is 599 g/mol. The van der Waals surface area contributed by atoms with Crippen LogP contribution in [0.25, 0.3) is 98.0 Å². The first-order chi connectivity index (χ1) is 21.9. The summed E-state index contributed by atoms with van der Waals surface area (Å²) < 4.78 is 32.2. The maximum absolute atomic E-state index is 14.5. The fourth-order valence-corrected chi connectivity index (χ4v) is 10.1. The van der Waals surface area contributed by atoms with Crippen molar-refractivity contribution in [1.29, 1.82) is 0 Å². The predicted octanol–water partition coefficient (Wildman–Crippen LogP) is 6.39. The quantitative estimate of drug-likeness (QED) is 0.148. The first kappa shape index (κ1) is 22.6. The summed E-state index contributed by atoms with van der Waals surface area (Å²) in [6.07, 6.45) is 0. The van der Waals surface area contributed by atoms with Gasteiger partial charge in [-0.3, -0.25) is 18.4 Å². The molecule has 0 radical (unpaired) electrons. The van der Waals surface area contributed by atoms with Gasteiger partial charge in [0.05, 0.1) is 42.6 Å². The van der Waals surface area contributed by atoms with Crippen molar-refractivity contribution in [3.8, 4) is 0 Å². The van der Waals surface area contributed by atoms with Crippen LogP contribution in [0.4, 0.5) is 0 Å². The van der Waals surface area contributed by atoms with Crippen molar-refractivity contribution >= 4 is 108 Å². The van der Waals surface area contributed by atoms with Gasteiger partial charge in [-0.05, 0) is 59.3 Å². The minimum atomic E-state index is -4.08. The van der Waals surface area contributed by atoms with Crippen LogP contribution in [-0.4, -0.2) is 27.2 Å². The van der Waals surface area contributed by atoms with Crippen LogP contribution in [0.2, 0.25) is 0 Å². The summed E-state index contributed by atoms with van der Waals surface area (Å²) in [6, 6.07) is 26.0. The van der Waals surface area contributed by atoms with Crippen LogP contribution in [0, 0.1) is 0 Å². The number of hydrogen-bond acceptors (Lipinski definition) is 6. The zero-order valence-electron chi connectivity index (χ0n) is 22.9. The lowest BCUT2D eigenvalue weighted by molar-refractivity contribution is 0.599. The minimum Gasteiger partial charge on any atom is -0.268 e. The standard InChI is InChI=1S/C36H14N4O4S/c41-35-19-13-25-31-29-15(9-11-17(27(19)29)33-37-21-5-1-3-7-23(21)39(33)35)16-10-12-18-28-20(14-26(45(25,43)44)32(31)30(16)28)36(42)40-24-8-4-2-6-22(24)38-34(18)40/h1-14H. The smallest absolute Gasteiger partial charge is 0.264 e. The maximum atomic E-state index is 14.5. The molecule has 8 nitrogen and oxygen atoms in total. The van der Waals surface area contributed by atoms with E-state index in [1.54, 1.807) is 20.9 Å². The molecule has 208 valence electrons. The number of pyridine rings is 2. The Morgan fingerprint density at radius 3 is 1.36 bits per heavy atom. The van der Waals surface area contributed by atoms with Gasteiger partial charge in [0.15, 0.2) is 0 Å². The third kappa shape index (κ3) is 2.20. The highest BCUT2D eigenvalue weighted by Crippen LogP contribution is 2.53. The van der Waals surface area contributed by atoms with E-state index in [-0.39, 0.29) is 20.9 Å². The largest absolute Gasteiger partial charge is 0.268 e. The normalized spacial score (nSPS) is 14.8. The molecule has 0 unspecified atom stereocenters. The number of imidazole rings is 2. The third-order valence-electron chi connectivity index (χ3n) is 10.1. The fourth-order valence-electron chi connectivity index (χ4n) is 8.34. The van der Waals surface area contributed by atoms with Crippen molar-refractivity contribution in [3.05, 3.63) is 106 Å². The second-order valence-electron chi connectivity index (χ2n) is 12.0. The van der Waals surface area contributed by atoms with Crippen LogP contribution >= 0.6 is 0 Å². The Morgan fingerprint density at radius 2 is 0.889 bits per heavy atom. The summed E-state index contributed by atoms with van der Waals surface area (Å²) in [6.45, 7) is 0. The lowest BCUT2D eigenvalue weighted by atomic mass is 9.86. The Hall–Kier alpha value is -5.93. The van der Waals surface area contributed by atoms with Crippen molar-refractivity contribution in [2.24, 2.45) is 0 Å². The summed E-state index contributed by atoms with van der Waals surface area (Å²) in [4.78, 5) is 38.4. The van der Waals surface area contributed by atoms with E-state index in [0.29, 0.717) is 65.7 Å². The van der Waals surface area contributed by atoms with Crippen LogP contribution in [0.5, 0.6) is 0 Å². The third-order valence-corrected chi connectivity index (χ3v) is 11.9. The zero-order valence-corrected chi connectivity index (χ0v) is 23.7. The number of nitrogens with zero attached hydrogens (tertiary/aromatic N) is 4. The Bertz CT molecular complexity index is 3270. The van der Waals surface area contributed by atoms with E-state index in [9.17, 15) is 18.0 Å². The molecule has 9 heteroatoms. The van der Waals surface area contributed by atoms with Gasteiger partial charge < -0.3 is 0 Å². The molecule has 12 rings (SSSR count). The number of rotatable bonds is 0. The SMILES string of the molecule is O=c1c2cc3c4c5c(cc6c(=O)n7c8ccccc8nc7c7ccc(c8ccc(c2c84)c2nc4ccccc4n12)c5c67)S3(=O)=O. The van der Waals surface area contributed by atoms with E-state index in [4.69, 9.17) is 9.97 Å². The van der Waals surface area contributed by atoms with Gasteiger partial charge in [0.1, 0.15) is 11.3 Å². The molecule has 0 saturated carbocycles. The number of sulfone groups is 1. The molecule has 0 saturated heterocycles. The Morgan fingerprint density at radius 1 is 0.467 bits per heavy atom. The molecule has 11 aromatic rings. The summed E-state index contributed by atoms with van der Waals surface area (Å²) in [7, 11) is -4.08. The number of aromatic nitrogens is 4. The second-order valence-corrected chi connectivity index (χ2v) is 13.9. The molecule has 5 heterocycles. The van der Waals surface area contributed by atoms with E-state index in [2.05, 4.69) is 0 Å². The molecule has 0 fully saturated rings. The van der Waals surface area contributed by atoms with Crippen molar-refractivity contribution in [2.45, 2.75) is 9.79 Å². The lowest BCUT2D eigenvalue weighted by Gasteiger charge is -2.17.